The van der Waals surface area contributed by atoms with Gasteiger partial charge in [0.1, 0.15) is 0 Å². The van der Waals surface area contributed by atoms with Gasteiger partial charge in [-0.3, -0.25) is 4.79 Å². The number of carbonyl (C=O) groups is 2. The highest BCUT2D eigenvalue weighted by Crippen LogP contribution is 2.22. The van der Waals surface area contributed by atoms with E-state index in [1.165, 1.54) is 11.8 Å². The molecule has 0 spiro atoms. The number of hydrogen-bond donors (Lipinski definition) is 2. The molecule has 0 radical (unpaired) electrons. The summed E-state index contributed by atoms with van der Waals surface area (Å²) in [6, 6.07) is -1.92. The van der Waals surface area contributed by atoms with Gasteiger partial charge in [-0.2, -0.15) is 0 Å². The predicted molar refractivity (Wildman–Crippen MR) is 65.1 cm³/mol. The Labute approximate surface area is 111 Å². The Bertz CT molecular complexity index is 357. The summed E-state index contributed by atoms with van der Waals surface area (Å²) in [6.45, 7) is 4.25. The molecule has 19 heavy (non-hydrogen) atoms. The molecule has 5 nitrogen and oxygen atoms in total. The molecule has 3 atom stereocenters. The minimum atomic E-state index is -3.01. The summed E-state index contributed by atoms with van der Waals surface area (Å²) >= 11 is 0. The van der Waals surface area contributed by atoms with E-state index < -0.39 is 29.9 Å². The number of nitrogens with one attached hydrogen (secondary N) is 1. The Balaban J connectivity index is 2.63. The standard InChI is InChI=1S/C12H20F2N2O3/c1-7-4-9(10(17)18)6-16(5-7)11(19)15-8(2)12(3,13)14/h7-9H,4-6H2,1-3H3,(H,15,19)(H,17,18). The number of carboxylic acids is 1. The Morgan fingerprint density at radius 1 is 1.42 bits per heavy atom. The van der Waals surface area contributed by atoms with Crippen molar-refractivity contribution in [2.24, 2.45) is 11.8 Å². The van der Waals surface area contributed by atoms with Crippen LogP contribution < -0.4 is 5.32 Å². The molecule has 0 aromatic heterocycles. The van der Waals surface area contributed by atoms with E-state index in [0.29, 0.717) is 13.0 Å². The van der Waals surface area contributed by atoms with E-state index in [1.807, 2.05) is 6.92 Å². The molecule has 1 saturated heterocycles. The van der Waals surface area contributed by atoms with Crippen molar-refractivity contribution in [2.45, 2.75) is 39.2 Å². The number of urea groups is 1. The molecule has 1 aliphatic heterocycles. The van der Waals surface area contributed by atoms with Crippen LogP contribution in [0.15, 0.2) is 0 Å². The quantitative estimate of drug-likeness (QED) is 0.826. The van der Waals surface area contributed by atoms with E-state index in [4.69, 9.17) is 5.11 Å². The van der Waals surface area contributed by atoms with Gasteiger partial charge in [0.25, 0.3) is 5.92 Å². The maximum Gasteiger partial charge on any atom is 0.317 e. The average molecular weight is 278 g/mol. The van der Waals surface area contributed by atoms with Gasteiger partial charge in [0.05, 0.1) is 12.0 Å². The van der Waals surface area contributed by atoms with Crippen LogP contribution in [0.3, 0.4) is 0 Å². The van der Waals surface area contributed by atoms with Gasteiger partial charge in [0.15, 0.2) is 0 Å². The smallest absolute Gasteiger partial charge is 0.317 e. The molecule has 2 amide bonds. The molecule has 0 bridgehead atoms. The zero-order valence-electron chi connectivity index (χ0n) is 11.3. The number of piperidine rings is 1. The van der Waals surface area contributed by atoms with Crippen LogP contribution >= 0.6 is 0 Å². The first kappa shape index (κ1) is 15.7. The summed E-state index contributed by atoms with van der Waals surface area (Å²) < 4.78 is 26.0. The number of aliphatic carboxylic acids is 1. The summed E-state index contributed by atoms with van der Waals surface area (Å²) in [5.41, 5.74) is 0. The van der Waals surface area contributed by atoms with Crippen LogP contribution in [0, 0.1) is 11.8 Å². The van der Waals surface area contributed by atoms with E-state index in [1.54, 1.807) is 0 Å². The third-order valence-electron chi connectivity index (χ3n) is 3.40. The van der Waals surface area contributed by atoms with Gasteiger partial charge in [0, 0.05) is 20.0 Å². The zero-order valence-corrected chi connectivity index (χ0v) is 11.3. The minimum Gasteiger partial charge on any atom is -0.481 e. The van der Waals surface area contributed by atoms with Gasteiger partial charge in [-0.25, -0.2) is 13.6 Å². The van der Waals surface area contributed by atoms with E-state index in [-0.39, 0.29) is 12.5 Å². The number of nitrogens with zero attached hydrogens (tertiary/aromatic N) is 1. The van der Waals surface area contributed by atoms with Crippen molar-refractivity contribution >= 4 is 12.0 Å². The minimum absolute atomic E-state index is 0.0399. The summed E-state index contributed by atoms with van der Waals surface area (Å²) in [6.07, 6.45) is 0.499. The average Bonchev–Trinajstić information content (AvgIpc) is 2.26. The predicted octanol–water partition coefficient (Wildman–Crippen LogP) is 1.78. The Kier molecular flexibility index (Phi) is 4.70. The number of carboxylic acid groups (broad SMARTS) is 1. The van der Waals surface area contributed by atoms with Gasteiger partial charge >= 0.3 is 12.0 Å². The molecule has 0 saturated carbocycles. The molecule has 7 heteroatoms. The molecular weight excluding hydrogens is 258 g/mol. The van der Waals surface area contributed by atoms with Crippen LogP contribution in [-0.2, 0) is 4.79 Å². The number of hydrogen-bond acceptors (Lipinski definition) is 2. The fraction of sp³-hybridized carbons (Fsp3) is 0.833. The first-order chi connectivity index (χ1) is 8.61. The normalized spacial score (nSPS) is 25.8. The Morgan fingerprint density at radius 2 is 2.00 bits per heavy atom. The molecule has 1 aliphatic rings. The van der Waals surface area contributed by atoms with Crippen LogP contribution in [-0.4, -0.2) is 47.1 Å². The molecule has 1 heterocycles. The Morgan fingerprint density at radius 3 is 2.47 bits per heavy atom. The van der Waals surface area contributed by atoms with Crippen molar-refractivity contribution < 1.29 is 23.5 Å². The second-order valence-electron chi connectivity index (χ2n) is 5.41. The molecule has 1 rings (SSSR count). The number of carbonyl (C=O) groups excluding carboxylic acids is 1. The number of halogens is 2. The third-order valence-corrected chi connectivity index (χ3v) is 3.40. The highest BCUT2D eigenvalue weighted by molar-refractivity contribution is 5.77. The van der Waals surface area contributed by atoms with Crippen LogP contribution in [0.2, 0.25) is 0 Å². The lowest BCUT2D eigenvalue weighted by atomic mass is 9.91. The van der Waals surface area contributed by atoms with Crippen LogP contribution in [0.1, 0.15) is 27.2 Å². The van der Waals surface area contributed by atoms with Gasteiger partial charge < -0.3 is 15.3 Å². The zero-order chi connectivity index (χ0) is 14.8. The lowest BCUT2D eigenvalue weighted by Crippen LogP contribution is -2.54. The second kappa shape index (κ2) is 5.71. The molecule has 0 aromatic carbocycles. The van der Waals surface area contributed by atoms with Crippen molar-refractivity contribution in [3.63, 3.8) is 0 Å². The molecule has 110 valence electrons. The third kappa shape index (κ3) is 4.33. The van der Waals surface area contributed by atoms with Gasteiger partial charge in [-0.1, -0.05) is 6.92 Å². The lowest BCUT2D eigenvalue weighted by molar-refractivity contribution is -0.143. The monoisotopic (exact) mass is 278 g/mol. The maximum absolute atomic E-state index is 13.0. The summed E-state index contributed by atoms with van der Waals surface area (Å²) in [5, 5.41) is 11.2. The largest absolute Gasteiger partial charge is 0.481 e. The van der Waals surface area contributed by atoms with Crippen molar-refractivity contribution in [1.82, 2.24) is 10.2 Å². The highest BCUT2D eigenvalue weighted by atomic mass is 19.3. The van der Waals surface area contributed by atoms with Crippen molar-refractivity contribution in [3.05, 3.63) is 0 Å². The molecule has 1 fully saturated rings. The summed E-state index contributed by atoms with van der Waals surface area (Å²) in [7, 11) is 0. The molecule has 3 unspecified atom stereocenters. The van der Waals surface area contributed by atoms with Crippen molar-refractivity contribution in [1.29, 1.82) is 0 Å². The number of alkyl halides is 2. The first-order valence-corrected chi connectivity index (χ1v) is 6.27. The van der Waals surface area contributed by atoms with Crippen LogP contribution in [0.4, 0.5) is 13.6 Å². The van der Waals surface area contributed by atoms with Crippen LogP contribution in [0.5, 0.6) is 0 Å². The second-order valence-corrected chi connectivity index (χ2v) is 5.41. The topological polar surface area (TPSA) is 69.6 Å². The maximum atomic E-state index is 13.0. The van der Waals surface area contributed by atoms with E-state index >= 15 is 0 Å². The highest BCUT2D eigenvalue weighted by Gasteiger charge is 2.35. The molecular formula is C12H20F2N2O3. The first-order valence-electron chi connectivity index (χ1n) is 6.27. The summed E-state index contributed by atoms with van der Waals surface area (Å²) in [4.78, 5) is 24.1. The van der Waals surface area contributed by atoms with Gasteiger partial charge in [-0.15, -0.1) is 0 Å². The molecule has 0 aromatic rings. The van der Waals surface area contributed by atoms with E-state index in [9.17, 15) is 18.4 Å². The Hall–Kier alpha value is -1.40. The van der Waals surface area contributed by atoms with Gasteiger partial charge in [-0.05, 0) is 19.3 Å². The summed E-state index contributed by atoms with van der Waals surface area (Å²) in [5.74, 6) is -4.56. The lowest BCUT2D eigenvalue weighted by Gasteiger charge is -2.35. The fourth-order valence-corrected chi connectivity index (χ4v) is 2.10. The van der Waals surface area contributed by atoms with E-state index in [0.717, 1.165) is 6.92 Å². The van der Waals surface area contributed by atoms with Gasteiger partial charge in [0.2, 0.25) is 0 Å². The number of amides is 2. The molecule has 2 N–H and O–H groups in total. The fourth-order valence-electron chi connectivity index (χ4n) is 2.10. The van der Waals surface area contributed by atoms with Crippen molar-refractivity contribution in [2.75, 3.05) is 13.1 Å². The number of rotatable bonds is 3. The molecule has 0 aliphatic carbocycles. The van der Waals surface area contributed by atoms with Crippen LogP contribution in [0.25, 0.3) is 0 Å². The van der Waals surface area contributed by atoms with Crippen molar-refractivity contribution in [3.8, 4) is 0 Å². The van der Waals surface area contributed by atoms with E-state index in [2.05, 4.69) is 5.32 Å². The SMILES string of the molecule is CC1CC(C(=O)O)CN(C(=O)NC(C)C(C)(F)F)C1. The number of likely N-dealkylation sites (tertiary alicyclic amines) is 1.